The fourth-order valence-electron chi connectivity index (χ4n) is 4.02. The number of carbonyl (C=O) groups excluding carboxylic acids is 1. The fourth-order valence-corrected chi connectivity index (χ4v) is 4.02. The van der Waals surface area contributed by atoms with Gasteiger partial charge >= 0.3 is 0 Å². The van der Waals surface area contributed by atoms with Crippen molar-refractivity contribution in [1.29, 1.82) is 0 Å². The number of anilines is 1. The predicted molar refractivity (Wildman–Crippen MR) is 107 cm³/mol. The average molecular weight is 360 g/mol. The van der Waals surface area contributed by atoms with E-state index in [9.17, 15) is 4.79 Å². The van der Waals surface area contributed by atoms with Crippen LogP contribution in [-0.4, -0.2) is 28.5 Å². The molecule has 138 valence electrons. The number of hydrogen-bond acceptors (Lipinski definition) is 3. The van der Waals surface area contributed by atoms with Crippen LogP contribution in [0.15, 0.2) is 48.8 Å². The Hall–Kier alpha value is -2.82. The molecule has 0 bridgehead atoms. The van der Waals surface area contributed by atoms with E-state index in [-0.39, 0.29) is 5.91 Å². The Balaban J connectivity index is 1.32. The Bertz CT molecular complexity index is 983. The van der Waals surface area contributed by atoms with Crippen LogP contribution in [0.5, 0.6) is 0 Å². The van der Waals surface area contributed by atoms with Crippen molar-refractivity contribution in [2.75, 3.05) is 18.0 Å². The Kier molecular flexibility index (Phi) is 4.07. The molecule has 2 heterocycles. The van der Waals surface area contributed by atoms with E-state index in [0.717, 1.165) is 24.1 Å². The summed E-state index contributed by atoms with van der Waals surface area (Å²) in [6.45, 7) is 2.75. The van der Waals surface area contributed by atoms with Crippen LogP contribution < -0.4 is 10.2 Å². The largest absolute Gasteiger partial charge is 0.371 e. The SMILES string of the molecule is O=C(NCc1ccccc1N1CCCC1)c1ccc2c(c1)ncn2C1CC1. The van der Waals surface area contributed by atoms with Gasteiger partial charge in [0.25, 0.3) is 5.91 Å². The molecule has 1 N–H and O–H groups in total. The molecule has 1 aromatic heterocycles. The lowest BCUT2D eigenvalue weighted by Crippen LogP contribution is -2.25. The van der Waals surface area contributed by atoms with Crippen LogP contribution in [-0.2, 0) is 6.54 Å². The first-order chi connectivity index (χ1) is 13.3. The number of aromatic nitrogens is 2. The Labute approximate surface area is 159 Å². The van der Waals surface area contributed by atoms with E-state index in [2.05, 4.69) is 38.0 Å². The summed E-state index contributed by atoms with van der Waals surface area (Å²) in [4.78, 5) is 19.6. The number of fused-ring (bicyclic) bond motifs is 1. The maximum Gasteiger partial charge on any atom is 0.251 e. The van der Waals surface area contributed by atoms with E-state index < -0.39 is 0 Å². The Morgan fingerprint density at radius 2 is 1.93 bits per heavy atom. The molecule has 1 saturated carbocycles. The molecule has 3 aromatic rings. The minimum atomic E-state index is -0.0471. The van der Waals surface area contributed by atoms with Gasteiger partial charge in [-0.05, 0) is 55.5 Å². The number of hydrogen-bond donors (Lipinski definition) is 1. The predicted octanol–water partition coefficient (Wildman–Crippen LogP) is 3.90. The quantitative estimate of drug-likeness (QED) is 0.751. The van der Waals surface area contributed by atoms with E-state index in [0.29, 0.717) is 18.2 Å². The number of benzene rings is 2. The second kappa shape index (κ2) is 6.72. The molecule has 2 fully saturated rings. The summed E-state index contributed by atoms with van der Waals surface area (Å²) in [5.41, 5.74) is 5.10. The molecule has 0 spiro atoms. The van der Waals surface area contributed by atoms with Gasteiger partial charge in [0.05, 0.1) is 17.4 Å². The standard InChI is InChI=1S/C22H24N4O/c27-22(16-7-10-21-19(13-16)24-15-26(21)18-8-9-18)23-14-17-5-1-2-6-20(17)25-11-3-4-12-25/h1-2,5-7,10,13,15,18H,3-4,8-9,11-12,14H2,(H,23,27). The first-order valence-electron chi connectivity index (χ1n) is 9.87. The molecule has 27 heavy (non-hydrogen) atoms. The highest BCUT2D eigenvalue weighted by molar-refractivity contribution is 5.97. The van der Waals surface area contributed by atoms with Gasteiger partial charge in [-0.25, -0.2) is 4.98 Å². The van der Waals surface area contributed by atoms with E-state index >= 15 is 0 Å². The van der Waals surface area contributed by atoms with Crippen LogP contribution in [0.25, 0.3) is 11.0 Å². The van der Waals surface area contributed by atoms with E-state index in [1.54, 1.807) is 0 Å². The van der Waals surface area contributed by atoms with Crippen LogP contribution in [0.2, 0.25) is 0 Å². The zero-order valence-electron chi connectivity index (χ0n) is 15.4. The van der Waals surface area contributed by atoms with Crippen LogP contribution in [0, 0.1) is 0 Å². The van der Waals surface area contributed by atoms with Gasteiger partial charge in [0, 0.05) is 36.9 Å². The molecule has 1 amide bonds. The van der Waals surface area contributed by atoms with Crippen LogP contribution in [0.1, 0.15) is 47.6 Å². The van der Waals surface area contributed by atoms with Gasteiger partial charge in [-0.1, -0.05) is 18.2 Å². The zero-order chi connectivity index (χ0) is 18.2. The van der Waals surface area contributed by atoms with Crippen LogP contribution >= 0.6 is 0 Å². The lowest BCUT2D eigenvalue weighted by atomic mass is 10.1. The molecule has 5 nitrogen and oxygen atoms in total. The van der Waals surface area contributed by atoms with Crippen molar-refractivity contribution in [2.45, 2.75) is 38.3 Å². The van der Waals surface area contributed by atoms with Crippen LogP contribution in [0.4, 0.5) is 5.69 Å². The molecule has 5 rings (SSSR count). The van der Waals surface area contributed by atoms with Crippen molar-refractivity contribution < 1.29 is 4.79 Å². The minimum Gasteiger partial charge on any atom is -0.371 e. The summed E-state index contributed by atoms with van der Waals surface area (Å²) >= 11 is 0. The Morgan fingerprint density at radius 1 is 1.11 bits per heavy atom. The molecular formula is C22H24N4O. The molecule has 0 atom stereocenters. The van der Waals surface area contributed by atoms with Gasteiger partial charge in [0.1, 0.15) is 0 Å². The van der Waals surface area contributed by atoms with Gasteiger partial charge in [0.2, 0.25) is 0 Å². The van der Waals surface area contributed by atoms with Crippen LogP contribution in [0.3, 0.4) is 0 Å². The summed E-state index contributed by atoms with van der Waals surface area (Å²) in [6.07, 6.45) is 6.84. The second-order valence-corrected chi connectivity index (χ2v) is 7.59. The fraction of sp³-hybridized carbons (Fsp3) is 0.364. The number of amides is 1. The highest BCUT2D eigenvalue weighted by Gasteiger charge is 2.25. The van der Waals surface area contributed by atoms with Gasteiger partial charge in [-0.15, -0.1) is 0 Å². The molecule has 1 saturated heterocycles. The summed E-state index contributed by atoms with van der Waals surface area (Å²) in [6, 6.07) is 14.8. The number of rotatable bonds is 5. The van der Waals surface area contributed by atoms with E-state index in [1.807, 2.05) is 30.6 Å². The van der Waals surface area contributed by atoms with Crippen molar-refractivity contribution >= 4 is 22.6 Å². The molecule has 2 aromatic carbocycles. The topological polar surface area (TPSA) is 50.2 Å². The number of nitrogens with one attached hydrogen (secondary N) is 1. The zero-order valence-corrected chi connectivity index (χ0v) is 15.4. The third-order valence-corrected chi connectivity index (χ3v) is 5.66. The van der Waals surface area contributed by atoms with Crippen molar-refractivity contribution in [3.63, 3.8) is 0 Å². The van der Waals surface area contributed by atoms with E-state index in [4.69, 9.17) is 0 Å². The maximum absolute atomic E-state index is 12.7. The molecule has 1 aliphatic heterocycles. The Morgan fingerprint density at radius 3 is 2.74 bits per heavy atom. The average Bonchev–Trinajstić information content (AvgIpc) is 3.24. The number of nitrogens with zero attached hydrogens (tertiary/aromatic N) is 3. The summed E-state index contributed by atoms with van der Waals surface area (Å²) in [5.74, 6) is -0.0471. The lowest BCUT2D eigenvalue weighted by molar-refractivity contribution is 0.0951. The van der Waals surface area contributed by atoms with Gasteiger partial charge < -0.3 is 14.8 Å². The van der Waals surface area contributed by atoms with Gasteiger partial charge in [-0.3, -0.25) is 4.79 Å². The monoisotopic (exact) mass is 360 g/mol. The number of imidazole rings is 1. The first-order valence-corrected chi connectivity index (χ1v) is 9.87. The molecule has 0 radical (unpaired) electrons. The normalized spacial score (nSPS) is 16.8. The molecule has 1 aliphatic carbocycles. The number of carbonyl (C=O) groups is 1. The molecule has 5 heteroatoms. The summed E-state index contributed by atoms with van der Waals surface area (Å²) in [7, 11) is 0. The molecule has 2 aliphatic rings. The third-order valence-electron chi connectivity index (χ3n) is 5.66. The smallest absolute Gasteiger partial charge is 0.251 e. The molecule has 0 unspecified atom stereocenters. The lowest BCUT2D eigenvalue weighted by Gasteiger charge is -2.21. The van der Waals surface area contributed by atoms with Crippen molar-refractivity contribution in [3.05, 3.63) is 59.9 Å². The number of para-hydroxylation sites is 1. The van der Waals surface area contributed by atoms with Crippen molar-refractivity contribution in [1.82, 2.24) is 14.9 Å². The summed E-state index contributed by atoms with van der Waals surface area (Å²) < 4.78 is 2.23. The second-order valence-electron chi connectivity index (χ2n) is 7.59. The summed E-state index contributed by atoms with van der Waals surface area (Å²) in [5, 5.41) is 3.09. The molecular weight excluding hydrogens is 336 g/mol. The maximum atomic E-state index is 12.7. The van der Waals surface area contributed by atoms with Gasteiger partial charge in [-0.2, -0.15) is 0 Å². The van der Waals surface area contributed by atoms with Crippen molar-refractivity contribution in [2.24, 2.45) is 0 Å². The third kappa shape index (κ3) is 3.18. The van der Waals surface area contributed by atoms with Crippen molar-refractivity contribution in [3.8, 4) is 0 Å². The highest BCUT2D eigenvalue weighted by atomic mass is 16.1. The van der Waals surface area contributed by atoms with E-state index in [1.165, 1.54) is 36.9 Å². The minimum absolute atomic E-state index is 0.0471. The van der Waals surface area contributed by atoms with Gasteiger partial charge in [0.15, 0.2) is 0 Å². The first kappa shape index (κ1) is 16.4. The highest BCUT2D eigenvalue weighted by Crippen LogP contribution is 2.37.